The van der Waals surface area contributed by atoms with Crippen LogP contribution in [0.15, 0.2) is 23.2 Å². The Kier molecular flexibility index (Phi) is 9.60. The SMILES string of the molecule is COCCn1c(=NC(=O)CS(=O)(=O)CC(=O)Nc2sc3c(c2C(=O)OC)CCCCC3)sc2cc(Cl)ccc21. The lowest BCUT2D eigenvalue weighted by molar-refractivity contribution is -0.115. The van der Waals surface area contributed by atoms with Crippen molar-refractivity contribution in [3.8, 4) is 0 Å². The first-order valence-electron chi connectivity index (χ1n) is 12.2. The zero-order valence-corrected chi connectivity index (χ0v) is 24.7. The molecular formula is C25H28ClN3O7S3. The summed E-state index contributed by atoms with van der Waals surface area (Å²) in [5.41, 5.74) is 1.91. The highest BCUT2D eigenvalue weighted by Crippen LogP contribution is 2.38. The Morgan fingerprint density at radius 1 is 1.10 bits per heavy atom. The number of halogens is 1. The monoisotopic (exact) mass is 613 g/mol. The standard InChI is InChI=1S/C25H28ClN3O7S3/c1-35-11-10-29-17-9-8-15(26)12-19(17)38-25(29)28-21(31)14-39(33,34)13-20(30)27-23-22(24(32)36-2)16-6-4-3-5-7-18(16)37-23/h8-9,12H,3-7,10-11,13-14H2,1-2H3,(H,27,30). The summed E-state index contributed by atoms with van der Waals surface area (Å²) in [6.45, 7) is 0.751. The molecule has 0 radical (unpaired) electrons. The van der Waals surface area contributed by atoms with Gasteiger partial charge in [0.15, 0.2) is 14.6 Å². The molecule has 0 saturated carbocycles. The number of hydrogen-bond donors (Lipinski definition) is 1. The van der Waals surface area contributed by atoms with Gasteiger partial charge in [-0.05, 0) is 49.4 Å². The van der Waals surface area contributed by atoms with Gasteiger partial charge in [0.1, 0.15) is 16.5 Å². The van der Waals surface area contributed by atoms with Crippen LogP contribution in [0.4, 0.5) is 5.00 Å². The van der Waals surface area contributed by atoms with Gasteiger partial charge >= 0.3 is 5.97 Å². The molecule has 1 aliphatic carbocycles. The fourth-order valence-corrected chi connectivity index (χ4v) is 8.08. The highest BCUT2D eigenvalue weighted by Gasteiger charge is 2.28. The third-order valence-electron chi connectivity index (χ3n) is 6.14. The lowest BCUT2D eigenvalue weighted by Crippen LogP contribution is -2.28. The molecule has 0 fully saturated rings. The molecule has 10 nitrogen and oxygen atoms in total. The molecule has 0 saturated heterocycles. The van der Waals surface area contributed by atoms with Crippen molar-refractivity contribution in [1.29, 1.82) is 0 Å². The van der Waals surface area contributed by atoms with Gasteiger partial charge in [-0.2, -0.15) is 4.99 Å². The van der Waals surface area contributed by atoms with Crippen LogP contribution in [-0.2, 0) is 48.3 Å². The van der Waals surface area contributed by atoms with E-state index in [-0.39, 0.29) is 10.6 Å². The highest BCUT2D eigenvalue weighted by atomic mass is 35.5. The number of benzene rings is 1. The number of carbonyl (C=O) groups is 3. The van der Waals surface area contributed by atoms with Crippen LogP contribution in [0.5, 0.6) is 0 Å². The predicted octanol–water partition coefficient (Wildman–Crippen LogP) is 3.60. The zero-order valence-electron chi connectivity index (χ0n) is 21.5. The maximum Gasteiger partial charge on any atom is 0.341 e. The maximum atomic E-state index is 12.7. The second-order valence-electron chi connectivity index (χ2n) is 8.99. The summed E-state index contributed by atoms with van der Waals surface area (Å²) in [6.07, 6.45) is 4.40. The average molecular weight is 614 g/mol. The van der Waals surface area contributed by atoms with E-state index in [0.717, 1.165) is 46.3 Å². The molecule has 0 atom stereocenters. The third-order valence-corrected chi connectivity index (χ3v) is 10.0. The van der Waals surface area contributed by atoms with Crippen LogP contribution in [0.2, 0.25) is 5.02 Å². The van der Waals surface area contributed by atoms with E-state index < -0.39 is 39.1 Å². The molecule has 3 aromatic rings. The Bertz CT molecular complexity index is 1590. The van der Waals surface area contributed by atoms with E-state index in [0.29, 0.717) is 29.4 Å². The summed E-state index contributed by atoms with van der Waals surface area (Å²) >= 11 is 8.55. The van der Waals surface area contributed by atoms with Crippen LogP contribution in [0.1, 0.15) is 40.1 Å². The molecule has 0 aliphatic heterocycles. The molecule has 39 heavy (non-hydrogen) atoms. The molecule has 2 aromatic heterocycles. The minimum atomic E-state index is -4.15. The second-order valence-corrected chi connectivity index (χ2v) is 13.6. The van der Waals surface area contributed by atoms with Crippen LogP contribution in [0.25, 0.3) is 10.2 Å². The van der Waals surface area contributed by atoms with Crippen molar-refractivity contribution < 1.29 is 32.3 Å². The molecule has 2 amide bonds. The number of thiazole rings is 1. The summed E-state index contributed by atoms with van der Waals surface area (Å²) in [5.74, 6) is -4.18. The lowest BCUT2D eigenvalue weighted by atomic mass is 10.1. The van der Waals surface area contributed by atoms with Gasteiger partial charge in [0.2, 0.25) is 5.91 Å². The average Bonchev–Trinajstić information content (AvgIpc) is 3.27. The molecule has 1 N–H and O–H groups in total. The molecular weight excluding hydrogens is 586 g/mol. The van der Waals surface area contributed by atoms with Crippen molar-refractivity contribution in [2.45, 2.75) is 38.6 Å². The predicted molar refractivity (Wildman–Crippen MR) is 151 cm³/mol. The smallest absolute Gasteiger partial charge is 0.341 e. The number of aryl methyl sites for hydroxylation is 1. The van der Waals surface area contributed by atoms with E-state index in [1.165, 1.54) is 29.8 Å². The summed E-state index contributed by atoms with van der Waals surface area (Å²) in [4.78, 5) is 43.2. The van der Waals surface area contributed by atoms with E-state index in [1.54, 1.807) is 29.9 Å². The van der Waals surface area contributed by atoms with E-state index in [4.69, 9.17) is 21.1 Å². The number of methoxy groups -OCH3 is 2. The summed E-state index contributed by atoms with van der Waals surface area (Å²) in [5, 5.41) is 3.36. The number of thiophene rings is 1. The number of hydrogen-bond acceptors (Lipinski definition) is 9. The van der Waals surface area contributed by atoms with Crippen molar-refractivity contribution in [2.24, 2.45) is 4.99 Å². The van der Waals surface area contributed by atoms with Gasteiger partial charge in [-0.1, -0.05) is 29.4 Å². The molecule has 210 valence electrons. The maximum absolute atomic E-state index is 12.7. The minimum Gasteiger partial charge on any atom is -0.465 e. The van der Waals surface area contributed by atoms with Gasteiger partial charge in [-0.15, -0.1) is 11.3 Å². The molecule has 4 rings (SSSR count). The second kappa shape index (κ2) is 12.7. The number of amides is 2. The Morgan fingerprint density at radius 2 is 1.87 bits per heavy atom. The number of rotatable bonds is 9. The van der Waals surface area contributed by atoms with Gasteiger partial charge in [0.05, 0.1) is 29.5 Å². The molecule has 14 heteroatoms. The van der Waals surface area contributed by atoms with Gasteiger partial charge in [0, 0.05) is 23.6 Å². The zero-order chi connectivity index (χ0) is 28.2. The van der Waals surface area contributed by atoms with Gasteiger partial charge in [-0.25, -0.2) is 13.2 Å². The molecule has 1 aromatic carbocycles. The number of nitrogens with zero attached hydrogens (tertiary/aromatic N) is 2. The Labute approximate surface area is 238 Å². The van der Waals surface area contributed by atoms with Crippen molar-refractivity contribution in [2.75, 3.05) is 37.6 Å². The largest absolute Gasteiger partial charge is 0.465 e. The Balaban J connectivity index is 1.51. The Hall–Kier alpha value is -2.58. The van der Waals surface area contributed by atoms with E-state index in [1.807, 2.05) is 0 Å². The van der Waals surface area contributed by atoms with Crippen LogP contribution in [-0.4, -0.2) is 63.1 Å². The fourth-order valence-electron chi connectivity index (χ4n) is 4.42. The Morgan fingerprint density at radius 3 is 2.62 bits per heavy atom. The van der Waals surface area contributed by atoms with E-state index in [9.17, 15) is 22.8 Å². The van der Waals surface area contributed by atoms with E-state index in [2.05, 4.69) is 10.3 Å². The number of carbonyl (C=O) groups excluding carboxylic acids is 3. The molecule has 0 spiro atoms. The number of ether oxygens (including phenoxy) is 2. The number of nitrogens with one attached hydrogen (secondary N) is 1. The van der Waals surface area contributed by atoms with Crippen LogP contribution in [0, 0.1) is 0 Å². The van der Waals surface area contributed by atoms with E-state index >= 15 is 0 Å². The number of anilines is 1. The van der Waals surface area contributed by atoms with Crippen molar-refractivity contribution >= 4 is 77.1 Å². The number of fused-ring (bicyclic) bond motifs is 2. The molecule has 2 heterocycles. The molecule has 1 aliphatic rings. The first-order valence-corrected chi connectivity index (χ1v) is 16.0. The quantitative estimate of drug-likeness (QED) is 0.288. The summed E-state index contributed by atoms with van der Waals surface area (Å²) < 4.78 is 38.1. The summed E-state index contributed by atoms with van der Waals surface area (Å²) in [7, 11) is -1.34. The number of aromatic nitrogens is 1. The lowest BCUT2D eigenvalue weighted by Gasteiger charge is -2.08. The van der Waals surface area contributed by atoms with Crippen LogP contribution in [0.3, 0.4) is 0 Å². The van der Waals surface area contributed by atoms with Gasteiger partial charge < -0.3 is 19.4 Å². The van der Waals surface area contributed by atoms with Crippen molar-refractivity contribution in [1.82, 2.24) is 4.57 Å². The molecule has 0 bridgehead atoms. The van der Waals surface area contributed by atoms with Crippen molar-refractivity contribution in [3.63, 3.8) is 0 Å². The normalized spacial score (nSPS) is 14.2. The number of sulfone groups is 1. The first-order chi connectivity index (χ1) is 18.6. The third kappa shape index (κ3) is 7.14. The minimum absolute atomic E-state index is 0.271. The topological polar surface area (TPSA) is 133 Å². The van der Waals surface area contributed by atoms with Crippen LogP contribution < -0.4 is 10.1 Å². The van der Waals surface area contributed by atoms with Gasteiger partial charge in [-0.3, -0.25) is 9.59 Å². The van der Waals surface area contributed by atoms with Gasteiger partial charge in [0.25, 0.3) is 5.91 Å². The fraction of sp³-hybridized carbons (Fsp3) is 0.440. The highest BCUT2D eigenvalue weighted by molar-refractivity contribution is 7.92. The van der Waals surface area contributed by atoms with Crippen LogP contribution >= 0.6 is 34.3 Å². The molecule has 0 unspecified atom stereocenters. The van der Waals surface area contributed by atoms with Crippen molar-refractivity contribution in [3.05, 3.63) is 44.0 Å². The number of esters is 1. The summed E-state index contributed by atoms with van der Waals surface area (Å²) in [6, 6.07) is 5.25. The first kappa shape index (κ1) is 29.4.